The van der Waals surface area contributed by atoms with E-state index in [1.165, 1.54) is 0 Å². The Morgan fingerprint density at radius 2 is 2.10 bits per heavy atom. The normalized spacial score (nSPS) is 19.3. The van der Waals surface area contributed by atoms with Crippen molar-refractivity contribution in [2.75, 3.05) is 12.3 Å². The first-order valence-electron chi connectivity index (χ1n) is 6.65. The Hall–Kier alpha value is -1.24. The molecule has 0 aromatic heterocycles. The zero-order chi connectivity index (χ0) is 15.5. The van der Waals surface area contributed by atoms with E-state index in [2.05, 4.69) is 5.32 Å². The molecular weight excluding hydrogens is 306 g/mol. The molecule has 1 aliphatic heterocycles. The van der Waals surface area contributed by atoms with E-state index in [1.807, 2.05) is 0 Å². The summed E-state index contributed by atoms with van der Waals surface area (Å²) in [6, 6.07) is 2.73. The first-order valence-corrected chi connectivity index (χ1v) is 7.70. The molecule has 1 aromatic carbocycles. The molecule has 1 atom stereocenters. The number of nitrogens with one attached hydrogen (secondary N) is 1. The minimum absolute atomic E-state index is 0.247. The zero-order valence-electron chi connectivity index (χ0n) is 11.2. The summed E-state index contributed by atoms with van der Waals surface area (Å²) in [5, 5.41) is 2.77. The van der Waals surface area contributed by atoms with Crippen molar-refractivity contribution < 1.29 is 22.4 Å². The number of rotatable bonds is 3. The maximum absolute atomic E-state index is 13.8. The van der Waals surface area contributed by atoms with Gasteiger partial charge < -0.3 is 5.32 Å². The van der Waals surface area contributed by atoms with E-state index >= 15 is 0 Å². The first kappa shape index (κ1) is 16.1. The molecule has 0 aliphatic carbocycles. The van der Waals surface area contributed by atoms with Gasteiger partial charge in [-0.1, -0.05) is 12.5 Å². The molecule has 1 saturated heterocycles. The Kier molecular flexibility index (Phi) is 5.13. The molecule has 1 heterocycles. The third-order valence-electron chi connectivity index (χ3n) is 3.31. The van der Waals surface area contributed by atoms with Crippen LogP contribution in [0.1, 0.15) is 35.2 Å². The summed E-state index contributed by atoms with van der Waals surface area (Å²) in [7, 11) is 0. The Bertz CT molecular complexity index is 512. The Morgan fingerprint density at radius 3 is 2.71 bits per heavy atom. The molecule has 1 aromatic rings. The average molecular weight is 321 g/mol. The Morgan fingerprint density at radius 1 is 1.33 bits per heavy atom. The van der Waals surface area contributed by atoms with Crippen molar-refractivity contribution in [3.05, 3.63) is 35.1 Å². The number of carbonyl (C=O) groups excluding carboxylic acids is 1. The number of alkyl halides is 3. The Balaban J connectivity index is 2.05. The summed E-state index contributed by atoms with van der Waals surface area (Å²) in [5.74, 6) is -1.30. The van der Waals surface area contributed by atoms with Gasteiger partial charge in [0, 0.05) is 11.8 Å². The third kappa shape index (κ3) is 4.12. The van der Waals surface area contributed by atoms with E-state index in [0.29, 0.717) is 12.6 Å². The van der Waals surface area contributed by atoms with Crippen LogP contribution < -0.4 is 5.32 Å². The van der Waals surface area contributed by atoms with E-state index in [4.69, 9.17) is 0 Å². The highest BCUT2D eigenvalue weighted by atomic mass is 32.2. The molecule has 21 heavy (non-hydrogen) atoms. The van der Waals surface area contributed by atoms with Crippen LogP contribution in [0.2, 0.25) is 0 Å². The van der Waals surface area contributed by atoms with Gasteiger partial charge in [0.1, 0.15) is 5.82 Å². The zero-order valence-corrected chi connectivity index (χ0v) is 12.0. The van der Waals surface area contributed by atoms with Crippen LogP contribution in [-0.2, 0) is 6.18 Å². The van der Waals surface area contributed by atoms with Crippen molar-refractivity contribution in [1.29, 1.82) is 0 Å². The van der Waals surface area contributed by atoms with Gasteiger partial charge in [0.15, 0.2) is 0 Å². The van der Waals surface area contributed by atoms with Gasteiger partial charge >= 0.3 is 6.18 Å². The topological polar surface area (TPSA) is 29.1 Å². The molecule has 0 bridgehead atoms. The summed E-state index contributed by atoms with van der Waals surface area (Å²) in [6.07, 6.45) is -1.64. The second-order valence-corrected chi connectivity index (χ2v) is 6.27. The standard InChI is InChI=1S/C14H15F4NOS/c15-12-10(5-3-6-11(12)14(16,17)18)13(20)19-8-9-4-1-2-7-21-9/h3,5-6,9H,1-2,4,7-8H2,(H,19,20). The van der Waals surface area contributed by atoms with Crippen molar-refractivity contribution in [3.63, 3.8) is 0 Å². The molecule has 2 nitrogen and oxygen atoms in total. The second-order valence-electron chi connectivity index (χ2n) is 4.86. The maximum Gasteiger partial charge on any atom is 0.419 e. The predicted octanol–water partition coefficient (Wildman–Crippen LogP) is 3.86. The molecule has 2 rings (SSSR count). The highest BCUT2D eigenvalue weighted by molar-refractivity contribution is 7.99. The number of hydrogen-bond acceptors (Lipinski definition) is 2. The fourth-order valence-electron chi connectivity index (χ4n) is 2.20. The van der Waals surface area contributed by atoms with E-state index in [1.54, 1.807) is 11.8 Å². The summed E-state index contributed by atoms with van der Waals surface area (Å²) >= 11 is 1.72. The molecule has 7 heteroatoms. The lowest BCUT2D eigenvalue weighted by Crippen LogP contribution is -2.32. The van der Waals surface area contributed by atoms with Crippen LogP contribution in [0.5, 0.6) is 0 Å². The fraction of sp³-hybridized carbons (Fsp3) is 0.500. The summed E-state index contributed by atoms with van der Waals surface area (Å²) in [6.45, 7) is 0.346. The van der Waals surface area contributed by atoms with Gasteiger partial charge in [0.2, 0.25) is 0 Å². The van der Waals surface area contributed by atoms with Crippen LogP contribution in [0.3, 0.4) is 0 Å². The van der Waals surface area contributed by atoms with Crippen molar-refractivity contribution in [2.24, 2.45) is 0 Å². The van der Waals surface area contributed by atoms with E-state index in [-0.39, 0.29) is 5.25 Å². The highest BCUT2D eigenvalue weighted by Crippen LogP contribution is 2.32. The predicted molar refractivity (Wildman–Crippen MR) is 73.8 cm³/mol. The lowest BCUT2D eigenvalue weighted by molar-refractivity contribution is -0.140. The van der Waals surface area contributed by atoms with Crippen LogP contribution in [0.4, 0.5) is 17.6 Å². The third-order valence-corrected chi connectivity index (χ3v) is 4.71. The average Bonchev–Trinajstić information content (AvgIpc) is 2.45. The molecule has 116 valence electrons. The van der Waals surface area contributed by atoms with Gasteiger partial charge in [-0.15, -0.1) is 0 Å². The van der Waals surface area contributed by atoms with Crippen molar-refractivity contribution in [2.45, 2.75) is 30.7 Å². The molecule has 1 fully saturated rings. The van der Waals surface area contributed by atoms with Crippen LogP contribution >= 0.6 is 11.8 Å². The number of amides is 1. The lowest BCUT2D eigenvalue weighted by atomic mass is 10.1. The van der Waals surface area contributed by atoms with Gasteiger partial charge in [0.25, 0.3) is 5.91 Å². The number of benzene rings is 1. The molecular formula is C14H15F4NOS. The van der Waals surface area contributed by atoms with Crippen molar-refractivity contribution >= 4 is 17.7 Å². The van der Waals surface area contributed by atoms with Gasteiger partial charge in [-0.25, -0.2) is 4.39 Å². The molecule has 0 spiro atoms. The molecule has 1 unspecified atom stereocenters. The largest absolute Gasteiger partial charge is 0.419 e. The molecule has 1 amide bonds. The number of carbonyl (C=O) groups is 1. The molecule has 0 radical (unpaired) electrons. The number of thioether (sulfide) groups is 1. The monoisotopic (exact) mass is 321 g/mol. The van der Waals surface area contributed by atoms with Gasteiger partial charge in [-0.2, -0.15) is 24.9 Å². The molecule has 1 N–H and O–H groups in total. The SMILES string of the molecule is O=C(NCC1CCCCS1)c1cccc(C(F)(F)F)c1F. The van der Waals surface area contributed by atoms with E-state index in [0.717, 1.165) is 37.1 Å². The van der Waals surface area contributed by atoms with Gasteiger partial charge in [-0.05, 0) is 30.7 Å². The number of halogens is 4. The summed E-state index contributed by atoms with van der Waals surface area (Å²) < 4.78 is 51.6. The van der Waals surface area contributed by atoms with Gasteiger partial charge in [-0.3, -0.25) is 4.79 Å². The molecule has 0 saturated carbocycles. The fourth-order valence-corrected chi connectivity index (χ4v) is 3.44. The smallest absolute Gasteiger partial charge is 0.351 e. The van der Waals surface area contributed by atoms with Gasteiger partial charge in [0.05, 0.1) is 11.1 Å². The van der Waals surface area contributed by atoms with Crippen LogP contribution in [0.15, 0.2) is 18.2 Å². The molecule has 1 aliphatic rings. The highest BCUT2D eigenvalue weighted by Gasteiger charge is 2.35. The minimum Gasteiger partial charge on any atom is -0.351 e. The number of hydrogen-bond donors (Lipinski definition) is 1. The maximum atomic E-state index is 13.8. The first-order chi connectivity index (χ1) is 9.89. The summed E-state index contributed by atoms with van der Waals surface area (Å²) in [5.41, 5.74) is -1.98. The second kappa shape index (κ2) is 6.68. The van der Waals surface area contributed by atoms with E-state index in [9.17, 15) is 22.4 Å². The minimum atomic E-state index is -4.81. The van der Waals surface area contributed by atoms with Crippen LogP contribution in [0.25, 0.3) is 0 Å². The van der Waals surface area contributed by atoms with E-state index < -0.39 is 29.0 Å². The van der Waals surface area contributed by atoms with Crippen molar-refractivity contribution in [1.82, 2.24) is 5.32 Å². The lowest BCUT2D eigenvalue weighted by Gasteiger charge is -2.21. The Labute approximate surface area is 124 Å². The van der Waals surface area contributed by atoms with Crippen molar-refractivity contribution in [3.8, 4) is 0 Å². The van der Waals surface area contributed by atoms with Crippen LogP contribution in [-0.4, -0.2) is 23.5 Å². The summed E-state index contributed by atoms with van der Waals surface area (Å²) in [4.78, 5) is 11.9. The van der Waals surface area contributed by atoms with Crippen LogP contribution in [0, 0.1) is 5.82 Å². The quantitative estimate of drug-likeness (QED) is 0.857.